The van der Waals surface area contributed by atoms with Crippen LogP contribution >= 0.6 is 0 Å². The van der Waals surface area contributed by atoms with E-state index in [1.54, 1.807) is 29.9 Å². The number of hydrogen-bond donors (Lipinski definition) is 5. The Morgan fingerprint density at radius 2 is 1.10 bits per heavy atom. The summed E-state index contributed by atoms with van der Waals surface area (Å²) in [6.07, 6.45) is 0.855. The maximum atomic E-state index is 11.1. The fraction of sp³-hybridized carbons (Fsp3) is 0.720. The van der Waals surface area contributed by atoms with Crippen LogP contribution in [0.4, 0.5) is 0 Å². The molecule has 0 spiro atoms. The molecular formula is C25H54AlBN4O18S3-2. The van der Waals surface area contributed by atoms with Crippen LogP contribution in [0.1, 0.15) is 34.1 Å². The van der Waals surface area contributed by atoms with Crippen molar-refractivity contribution in [2.45, 2.75) is 34.1 Å². The molecule has 0 rings (SSSR count). The molecule has 0 aromatic carbocycles. The molecule has 0 aliphatic carbocycles. The maximum absolute atomic E-state index is 11.1. The molecule has 0 saturated carbocycles. The van der Waals surface area contributed by atoms with Gasteiger partial charge in [0.1, 0.15) is 32.9 Å². The van der Waals surface area contributed by atoms with Gasteiger partial charge in [0.05, 0.1) is 56.8 Å². The molecule has 27 heteroatoms. The Labute approximate surface area is 322 Å². The second kappa shape index (κ2) is 47.1. The average molecular weight is 833 g/mol. The Bertz CT molecular complexity index is 1020. The Morgan fingerprint density at radius 1 is 0.827 bits per heavy atom. The summed E-state index contributed by atoms with van der Waals surface area (Å²) in [4.78, 5) is 37.2. The summed E-state index contributed by atoms with van der Waals surface area (Å²) in [6, 6.07) is 0. The summed E-state index contributed by atoms with van der Waals surface area (Å²) >= 11 is -4.09. The van der Waals surface area contributed by atoms with Gasteiger partial charge in [-0.25, -0.2) is 18.0 Å². The molecule has 0 bridgehead atoms. The first-order chi connectivity index (χ1) is 23.2. The van der Waals surface area contributed by atoms with Crippen molar-refractivity contribution in [3.8, 4) is 0 Å². The van der Waals surface area contributed by atoms with E-state index in [0.29, 0.717) is 31.0 Å². The van der Waals surface area contributed by atoms with Gasteiger partial charge < -0.3 is 57.2 Å². The fourth-order valence-corrected chi connectivity index (χ4v) is 1.58. The van der Waals surface area contributed by atoms with Gasteiger partial charge in [0.15, 0.2) is 0 Å². The number of nitrogens with one attached hydrogen (secondary N) is 3. The van der Waals surface area contributed by atoms with Gasteiger partial charge in [0.25, 0.3) is 0 Å². The van der Waals surface area contributed by atoms with Crippen molar-refractivity contribution >= 4 is 75.5 Å². The molecular weight excluding hydrogens is 778 g/mol. The van der Waals surface area contributed by atoms with E-state index >= 15 is 0 Å². The number of nitrogens with zero attached hydrogens (tertiary/aromatic N) is 1. The van der Waals surface area contributed by atoms with Gasteiger partial charge in [0, 0.05) is 26.1 Å². The van der Waals surface area contributed by atoms with Crippen molar-refractivity contribution in [1.82, 2.24) is 4.90 Å². The van der Waals surface area contributed by atoms with E-state index in [-0.39, 0.29) is 32.2 Å². The number of carbonyl (C=O) groups excluding carboxylic acids is 3. The standard InChI is InChI=1S/C9H19NO2.2C8H15NO2.Al.B.HN.3H2O4S/c1-5-8(2)9(11)12-7-6-10(3)4;2*1-7(2)8(10)11-6-5-9(3)4;;;;1-5(2,3)4;2*1-4-5(2)3/h8H,5-7H2,1-4H3;2*1,5-6H2,2-4H3;;;1H;(H2,1,2,3,4);2*1H,(H,2,3)/p-2. The van der Waals surface area contributed by atoms with Gasteiger partial charge in [0.2, 0.25) is 0 Å². The molecule has 22 nitrogen and oxygen atoms in total. The quantitative estimate of drug-likeness (QED) is 0.0150. The van der Waals surface area contributed by atoms with Crippen LogP contribution in [-0.4, -0.2) is 164 Å². The first kappa shape index (κ1) is 68.1. The first-order valence-corrected chi connectivity index (χ1v) is 18.0. The average Bonchev–Trinajstić information content (AvgIpc) is 3.01. The monoisotopic (exact) mass is 832 g/mol. The molecule has 0 amide bonds. The number of quaternary nitrogens is 2. The van der Waals surface area contributed by atoms with E-state index in [0.717, 1.165) is 26.1 Å². The minimum absolute atomic E-state index is 0. The van der Waals surface area contributed by atoms with Crippen LogP contribution in [0.2, 0.25) is 0 Å². The summed E-state index contributed by atoms with van der Waals surface area (Å²) in [5.74, 6) is -0.640. The van der Waals surface area contributed by atoms with Gasteiger partial charge in [-0.1, -0.05) is 27.0 Å². The van der Waals surface area contributed by atoms with Gasteiger partial charge >= 0.3 is 48.7 Å². The molecule has 0 aliphatic heterocycles. The number of ether oxygens (including phenoxy) is 3. The molecule has 0 heterocycles. The third-order valence-corrected chi connectivity index (χ3v) is 4.50. The summed E-state index contributed by atoms with van der Waals surface area (Å²) < 4.78 is 92.2. The fourth-order valence-electron chi connectivity index (χ4n) is 1.58. The van der Waals surface area contributed by atoms with Crippen LogP contribution in [0.5, 0.6) is 0 Å². The molecule has 0 aliphatic rings. The Kier molecular flexibility index (Phi) is 61.7. The first-order valence-electron chi connectivity index (χ1n) is 14.0. The summed E-state index contributed by atoms with van der Waals surface area (Å²) in [5, 5.41) is 17.0. The zero-order valence-electron chi connectivity index (χ0n) is 31.2. The summed E-state index contributed by atoms with van der Waals surface area (Å²) in [5.41, 5.74) is 0.905. The van der Waals surface area contributed by atoms with E-state index in [4.69, 9.17) is 64.1 Å². The molecule has 308 valence electrons. The van der Waals surface area contributed by atoms with Crippen molar-refractivity contribution in [3.63, 3.8) is 0 Å². The number of hydrogen-bond acceptors (Lipinski definition) is 18. The van der Waals surface area contributed by atoms with Crippen molar-refractivity contribution in [1.29, 1.82) is 4.35 Å². The van der Waals surface area contributed by atoms with Crippen molar-refractivity contribution in [3.05, 3.63) is 24.3 Å². The van der Waals surface area contributed by atoms with Crippen LogP contribution in [0.3, 0.4) is 0 Å². The zero-order chi connectivity index (χ0) is 42.3. The van der Waals surface area contributed by atoms with Crippen LogP contribution in [0.15, 0.2) is 24.3 Å². The number of rotatable bonds is 15. The summed E-state index contributed by atoms with van der Waals surface area (Å²) in [7, 11) is 7.28. The molecule has 0 aromatic rings. The number of carbonyl (C=O) groups is 3. The molecule has 5 N–H and O–H groups in total. The molecule has 3 unspecified atom stereocenters. The Morgan fingerprint density at radius 3 is 1.31 bits per heavy atom. The van der Waals surface area contributed by atoms with Gasteiger partial charge in [-0.2, -0.15) is 8.42 Å². The van der Waals surface area contributed by atoms with Crippen molar-refractivity contribution in [2.75, 3.05) is 81.7 Å². The topological polar surface area (TPSA) is 334 Å². The van der Waals surface area contributed by atoms with Crippen LogP contribution in [-0.2, 0) is 70.4 Å². The normalized spacial score (nSPS) is 11.2. The zero-order valence-corrected chi connectivity index (χ0v) is 34.8. The second-order valence-corrected chi connectivity index (χ2v) is 12.0. The Hall–Kier alpha value is -1.90. The van der Waals surface area contributed by atoms with Gasteiger partial charge in [-0.3, -0.25) is 13.9 Å². The molecule has 3 atom stereocenters. The van der Waals surface area contributed by atoms with Crippen LogP contribution in [0.25, 0.3) is 0 Å². The van der Waals surface area contributed by atoms with E-state index in [9.17, 15) is 14.4 Å². The van der Waals surface area contributed by atoms with Crippen molar-refractivity contribution in [2.24, 2.45) is 5.92 Å². The predicted octanol–water partition coefficient (Wildman–Crippen LogP) is -5.33. The van der Waals surface area contributed by atoms with E-state index in [2.05, 4.69) is 21.8 Å². The Balaban J connectivity index is -0.0000000761. The predicted molar refractivity (Wildman–Crippen MR) is 184 cm³/mol. The number of esters is 3. The molecule has 0 saturated heterocycles. The summed E-state index contributed by atoms with van der Waals surface area (Å²) in [6.45, 7) is 18.0. The van der Waals surface area contributed by atoms with E-state index < -0.39 is 33.1 Å². The second-order valence-electron chi connectivity index (χ2n) is 10.0. The van der Waals surface area contributed by atoms with Crippen molar-refractivity contribution < 1.29 is 92.6 Å². The minimum atomic E-state index is -4.67. The molecule has 52 heavy (non-hydrogen) atoms. The van der Waals surface area contributed by atoms with E-state index in [1.807, 2.05) is 61.0 Å². The van der Waals surface area contributed by atoms with Crippen LogP contribution < -0.4 is 20.3 Å². The molecule has 0 fully saturated rings. The molecule has 4 radical (unpaired) electrons. The van der Waals surface area contributed by atoms with E-state index in [1.165, 1.54) is 9.80 Å². The SMILES string of the molecule is C=C(C)C(=O)OCCN(C)C.C=C(C)C(=O)OCC[NH+](C)C.CCC(C)C(=O)OCC[NH+](C)C.O=S(=O)(O)O.O=S([O-])O[O-].O=S([O-])O[O-].[B].[NH]=[Al]. The van der Waals surface area contributed by atoms with Gasteiger partial charge in [-0.15, -0.1) is 0 Å². The molecule has 0 aromatic heterocycles. The van der Waals surface area contributed by atoms with Crippen LogP contribution in [0, 0.1) is 10.3 Å². The number of likely N-dealkylation sites (N-methyl/N-ethyl adjacent to an activating group) is 3. The third-order valence-electron chi connectivity index (χ3n) is 4.28. The third kappa shape index (κ3) is 91.8. The van der Waals surface area contributed by atoms with Gasteiger partial charge in [-0.05, 0) is 34.4 Å².